The summed E-state index contributed by atoms with van der Waals surface area (Å²) in [6.07, 6.45) is 0.611. The molecule has 126 valence electrons. The number of hydrogen-bond acceptors (Lipinski definition) is 4. The van der Waals surface area contributed by atoms with Gasteiger partial charge in [0.15, 0.2) is 0 Å². The number of carbonyl (C=O) groups excluding carboxylic acids is 1. The average Bonchev–Trinajstić information content (AvgIpc) is 2.54. The lowest BCUT2D eigenvalue weighted by Gasteiger charge is -2.11. The second-order valence-corrected chi connectivity index (χ2v) is 5.34. The standard InChI is InChI=1S/C16H16ClN3O4/c1-24-15-6-5-13(20(22)23)10-14(15)19-16(21)18-8-7-11-3-2-4-12(17)9-11/h2-6,9-10H,7-8H2,1H3,(H2,18,19,21). The lowest BCUT2D eigenvalue weighted by atomic mass is 10.1. The third-order valence-corrected chi connectivity index (χ3v) is 3.47. The zero-order valence-corrected chi connectivity index (χ0v) is 13.7. The molecule has 2 rings (SSSR count). The number of nitrogens with one attached hydrogen (secondary N) is 2. The van der Waals surface area contributed by atoms with Gasteiger partial charge in [-0.3, -0.25) is 10.1 Å². The Bertz CT molecular complexity index is 752. The van der Waals surface area contributed by atoms with Crippen LogP contribution in [0.3, 0.4) is 0 Å². The Balaban J connectivity index is 1.94. The quantitative estimate of drug-likeness (QED) is 0.615. The first-order chi connectivity index (χ1) is 11.5. The first kappa shape index (κ1) is 17.6. The number of carbonyl (C=O) groups is 1. The molecule has 0 aliphatic carbocycles. The number of non-ortho nitro benzene ring substituents is 1. The summed E-state index contributed by atoms with van der Waals surface area (Å²) in [7, 11) is 1.42. The highest BCUT2D eigenvalue weighted by Crippen LogP contribution is 2.28. The molecule has 0 aliphatic heterocycles. The maximum Gasteiger partial charge on any atom is 0.319 e. The van der Waals surface area contributed by atoms with Crippen LogP contribution in [0.5, 0.6) is 5.75 Å². The first-order valence-corrected chi connectivity index (χ1v) is 7.49. The molecule has 2 aromatic rings. The Kier molecular flexibility index (Phi) is 5.97. The van der Waals surface area contributed by atoms with E-state index in [0.717, 1.165) is 5.56 Å². The summed E-state index contributed by atoms with van der Waals surface area (Å²) in [6, 6.07) is 10.9. The van der Waals surface area contributed by atoms with E-state index in [1.807, 2.05) is 18.2 Å². The SMILES string of the molecule is COc1ccc([N+](=O)[O-])cc1NC(=O)NCCc1cccc(Cl)c1. The first-order valence-electron chi connectivity index (χ1n) is 7.11. The fourth-order valence-electron chi connectivity index (χ4n) is 2.09. The smallest absolute Gasteiger partial charge is 0.319 e. The number of ether oxygens (including phenoxy) is 1. The summed E-state index contributed by atoms with van der Waals surface area (Å²) in [5.74, 6) is 0.339. The van der Waals surface area contributed by atoms with Crippen LogP contribution in [0.4, 0.5) is 16.2 Å². The van der Waals surface area contributed by atoms with Crippen LogP contribution in [0.25, 0.3) is 0 Å². The molecule has 2 N–H and O–H groups in total. The fourth-order valence-corrected chi connectivity index (χ4v) is 2.30. The summed E-state index contributed by atoms with van der Waals surface area (Å²) < 4.78 is 5.09. The molecule has 2 amide bonds. The van der Waals surface area contributed by atoms with E-state index >= 15 is 0 Å². The number of nitro groups is 1. The molecule has 0 fully saturated rings. The van der Waals surface area contributed by atoms with Crippen LogP contribution < -0.4 is 15.4 Å². The van der Waals surface area contributed by atoms with E-state index in [2.05, 4.69) is 10.6 Å². The topological polar surface area (TPSA) is 93.5 Å². The van der Waals surface area contributed by atoms with Crippen molar-refractivity contribution in [2.45, 2.75) is 6.42 Å². The predicted molar refractivity (Wildman–Crippen MR) is 91.8 cm³/mol. The number of urea groups is 1. The highest BCUT2D eigenvalue weighted by molar-refractivity contribution is 6.30. The van der Waals surface area contributed by atoms with Crippen molar-refractivity contribution in [3.05, 3.63) is 63.2 Å². The highest BCUT2D eigenvalue weighted by atomic mass is 35.5. The second kappa shape index (κ2) is 8.16. The number of halogens is 1. The van der Waals surface area contributed by atoms with Gasteiger partial charge in [0, 0.05) is 23.7 Å². The number of amides is 2. The molecule has 0 aliphatic rings. The van der Waals surface area contributed by atoms with Crippen molar-refractivity contribution < 1.29 is 14.5 Å². The Morgan fingerprint density at radius 1 is 1.29 bits per heavy atom. The largest absolute Gasteiger partial charge is 0.495 e. The minimum Gasteiger partial charge on any atom is -0.495 e. The molecule has 0 aromatic heterocycles. The summed E-state index contributed by atoms with van der Waals surface area (Å²) in [5, 5.41) is 16.7. The van der Waals surface area contributed by atoms with Crippen molar-refractivity contribution in [2.75, 3.05) is 19.0 Å². The lowest BCUT2D eigenvalue weighted by Crippen LogP contribution is -2.30. The van der Waals surface area contributed by atoms with Gasteiger partial charge in [-0.15, -0.1) is 0 Å². The van der Waals surface area contributed by atoms with Gasteiger partial charge in [-0.25, -0.2) is 4.79 Å². The number of methoxy groups -OCH3 is 1. The molecular formula is C16H16ClN3O4. The van der Waals surface area contributed by atoms with E-state index in [0.29, 0.717) is 23.7 Å². The molecule has 7 nitrogen and oxygen atoms in total. The van der Waals surface area contributed by atoms with E-state index in [1.165, 1.54) is 25.3 Å². The van der Waals surface area contributed by atoms with E-state index < -0.39 is 11.0 Å². The van der Waals surface area contributed by atoms with Crippen LogP contribution in [-0.4, -0.2) is 24.6 Å². The third-order valence-electron chi connectivity index (χ3n) is 3.23. The summed E-state index contributed by atoms with van der Waals surface area (Å²) in [5.41, 5.74) is 1.09. The van der Waals surface area contributed by atoms with Crippen molar-refractivity contribution in [1.82, 2.24) is 5.32 Å². The van der Waals surface area contributed by atoms with Crippen LogP contribution in [0.1, 0.15) is 5.56 Å². The minimum absolute atomic E-state index is 0.134. The van der Waals surface area contributed by atoms with Crippen LogP contribution in [0.15, 0.2) is 42.5 Å². The number of nitro benzene ring substituents is 1. The molecule has 0 atom stereocenters. The van der Waals surface area contributed by atoms with Gasteiger partial charge in [0.25, 0.3) is 5.69 Å². The molecule has 2 aromatic carbocycles. The maximum atomic E-state index is 11.9. The normalized spacial score (nSPS) is 10.1. The summed E-state index contributed by atoms with van der Waals surface area (Å²) in [6.45, 7) is 0.392. The number of hydrogen-bond donors (Lipinski definition) is 2. The second-order valence-electron chi connectivity index (χ2n) is 4.90. The Morgan fingerprint density at radius 3 is 2.75 bits per heavy atom. The van der Waals surface area contributed by atoms with Gasteiger partial charge in [0.1, 0.15) is 5.75 Å². The number of nitrogens with zero attached hydrogens (tertiary/aromatic N) is 1. The van der Waals surface area contributed by atoms with Crippen LogP contribution in [-0.2, 0) is 6.42 Å². The molecule has 0 unspecified atom stereocenters. The van der Waals surface area contributed by atoms with Crippen molar-refractivity contribution in [1.29, 1.82) is 0 Å². The van der Waals surface area contributed by atoms with Crippen LogP contribution >= 0.6 is 11.6 Å². The Labute approximate surface area is 143 Å². The van der Waals surface area contributed by atoms with Gasteiger partial charge in [-0.05, 0) is 30.2 Å². The lowest BCUT2D eigenvalue weighted by molar-refractivity contribution is -0.384. The maximum absolute atomic E-state index is 11.9. The molecular weight excluding hydrogens is 334 g/mol. The monoisotopic (exact) mass is 349 g/mol. The predicted octanol–water partition coefficient (Wildman–Crippen LogP) is 3.62. The third kappa shape index (κ3) is 4.85. The van der Waals surface area contributed by atoms with Gasteiger partial charge in [0.2, 0.25) is 0 Å². The zero-order chi connectivity index (χ0) is 17.5. The van der Waals surface area contributed by atoms with Gasteiger partial charge >= 0.3 is 6.03 Å². The highest BCUT2D eigenvalue weighted by Gasteiger charge is 2.13. The molecule has 0 saturated carbocycles. The van der Waals surface area contributed by atoms with Gasteiger partial charge in [-0.1, -0.05) is 23.7 Å². The van der Waals surface area contributed by atoms with Crippen molar-refractivity contribution >= 4 is 29.0 Å². The van der Waals surface area contributed by atoms with Crippen molar-refractivity contribution in [3.8, 4) is 5.75 Å². The fraction of sp³-hybridized carbons (Fsp3) is 0.188. The van der Waals surface area contributed by atoms with Crippen molar-refractivity contribution in [3.63, 3.8) is 0 Å². The van der Waals surface area contributed by atoms with E-state index in [1.54, 1.807) is 6.07 Å². The molecule has 0 bridgehead atoms. The number of anilines is 1. The molecule has 8 heteroatoms. The molecule has 24 heavy (non-hydrogen) atoms. The van der Waals surface area contributed by atoms with Gasteiger partial charge in [0.05, 0.1) is 17.7 Å². The minimum atomic E-state index is -0.540. The average molecular weight is 350 g/mol. The summed E-state index contributed by atoms with van der Waals surface area (Å²) in [4.78, 5) is 22.2. The Morgan fingerprint density at radius 2 is 2.08 bits per heavy atom. The van der Waals surface area contributed by atoms with Crippen molar-refractivity contribution in [2.24, 2.45) is 0 Å². The van der Waals surface area contributed by atoms with E-state index in [-0.39, 0.29) is 11.4 Å². The van der Waals surface area contributed by atoms with E-state index in [9.17, 15) is 14.9 Å². The Hall–Kier alpha value is -2.80. The van der Waals surface area contributed by atoms with Crippen LogP contribution in [0.2, 0.25) is 5.02 Å². The van der Waals surface area contributed by atoms with Gasteiger partial charge < -0.3 is 15.4 Å². The van der Waals surface area contributed by atoms with Crippen LogP contribution in [0, 0.1) is 10.1 Å². The molecule has 0 heterocycles. The van der Waals surface area contributed by atoms with Gasteiger partial charge in [-0.2, -0.15) is 0 Å². The zero-order valence-electron chi connectivity index (χ0n) is 12.9. The molecule has 0 saturated heterocycles. The molecule has 0 radical (unpaired) electrons. The van der Waals surface area contributed by atoms with E-state index in [4.69, 9.17) is 16.3 Å². The summed E-state index contributed by atoms with van der Waals surface area (Å²) >= 11 is 5.90. The number of benzene rings is 2. The molecule has 0 spiro atoms. The number of rotatable bonds is 6.